The molecule has 0 saturated heterocycles. The van der Waals surface area contributed by atoms with Crippen LogP contribution in [0.2, 0.25) is 0 Å². The third-order valence-corrected chi connectivity index (χ3v) is 2.58. The first-order chi connectivity index (χ1) is 7.65. The van der Waals surface area contributed by atoms with Crippen molar-refractivity contribution in [2.75, 3.05) is 0 Å². The van der Waals surface area contributed by atoms with Crippen molar-refractivity contribution in [1.29, 1.82) is 0 Å². The van der Waals surface area contributed by atoms with Crippen LogP contribution in [0.3, 0.4) is 0 Å². The fourth-order valence-electron chi connectivity index (χ4n) is 1.66. The van der Waals surface area contributed by atoms with Gasteiger partial charge in [0.15, 0.2) is 0 Å². The first-order valence-corrected chi connectivity index (χ1v) is 5.29. The number of aromatic nitrogens is 3. The summed E-state index contributed by atoms with van der Waals surface area (Å²) in [6.45, 7) is 1.90. The summed E-state index contributed by atoms with van der Waals surface area (Å²) < 4.78 is 1.71. The number of aromatic hydroxyl groups is 1. The molecular weight excluding hydrogens is 202 g/mol. The second kappa shape index (κ2) is 4.35. The second-order valence-electron chi connectivity index (χ2n) is 4.00. The lowest BCUT2D eigenvalue weighted by Gasteiger charge is -2.02. The maximum Gasteiger partial charge on any atom is 0.118 e. The molecule has 0 bridgehead atoms. The highest BCUT2D eigenvalue weighted by atomic mass is 16.3. The Bertz CT molecular complexity index is 491. The highest BCUT2D eigenvalue weighted by molar-refractivity contribution is 5.35. The normalized spacial score (nSPS) is 10.6. The first-order valence-electron chi connectivity index (χ1n) is 5.29. The molecule has 4 heteroatoms. The number of rotatable bonds is 3. The number of hydrogen-bond donors (Lipinski definition) is 1. The van der Waals surface area contributed by atoms with Crippen molar-refractivity contribution in [3.63, 3.8) is 0 Å². The molecule has 1 N–H and O–H groups in total. The van der Waals surface area contributed by atoms with Crippen LogP contribution in [0.15, 0.2) is 24.4 Å². The molecule has 0 atom stereocenters. The molecule has 0 spiro atoms. The number of hydrogen-bond acceptors (Lipinski definition) is 3. The molecule has 84 valence electrons. The summed E-state index contributed by atoms with van der Waals surface area (Å²) >= 11 is 0. The van der Waals surface area contributed by atoms with Gasteiger partial charge in [-0.1, -0.05) is 17.3 Å². The number of benzene rings is 1. The fraction of sp³-hybridized carbons (Fsp3) is 0.333. The summed E-state index contributed by atoms with van der Waals surface area (Å²) in [5.74, 6) is 0.350. The van der Waals surface area contributed by atoms with Gasteiger partial charge in [-0.3, -0.25) is 4.68 Å². The molecule has 0 saturated carbocycles. The Balaban J connectivity index is 2.02. The van der Waals surface area contributed by atoms with E-state index in [0.29, 0.717) is 5.75 Å². The average molecular weight is 217 g/mol. The van der Waals surface area contributed by atoms with Gasteiger partial charge >= 0.3 is 0 Å². The van der Waals surface area contributed by atoms with Gasteiger partial charge < -0.3 is 5.11 Å². The highest BCUT2D eigenvalue weighted by Gasteiger charge is 2.01. The molecule has 1 aromatic heterocycles. The lowest BCUT2D eigenvalue weighted by Crippen LogP contribution is -1.92. The molecule has 0 aliphatic carbocycles. The standard InChI is InChI=1S/C12H15N3O/c1-9-7-10(4-6-12(9)16)3-5-11-8-15(2)14-13-11/h4,6-8,16H,3,5H2,1-2H3. The van der Waals surface area contributed by atoms with Crippen LogP contribution in [0.5, 0.6) is 5.75 Å². The van der Waals surface area contributed by atoms with E-state index in [1.807, 2.05) is 32.3 Å². The number of aryl methyl sites for hydroxylation is 4. The molecule has 0 aliphatic heterocycles. The van der Waals surface area contributed by atoms with Crippen molar-refractivity contribution in [1.82, 2.24) is 15.0 Å². The van der Waals surface area contributed by atoms with Crippen LogP contribution in [-0.4, -0.2) is 20.1 Å². The Morgan fingerprint density at radius 2 is 2.12 bits per heavy atom. The number of phenols is 1. The minimum absolute atomic E-state index is 0.350. The van der Waals surface area contributed by atoms with E-state index in [9.17, 15) is 5.11 Å². The van der Waals surface area contributed by atoms with Crippen molar-refractivity contribution >= 4 is 0 Å². The smallest absolute Gasteiger partial charge is 0.118 e. The Hall–Kier alpha value is -1.84. The zero-order valence-electron chi connectivity index (χ0n) is 9.51. The molecule has 2 rings (SSSR count). The van der Waals surface area contributed by atoms with Gasteiger partial charge in [-0.15, -0.1) is 5.10 Å². The summed E-state index contributed by atoms with van der Waals surface area (Å²) in [4.78, 5) is 0. The lowest BCUT2D eigenvalue weighted by molar-refractivity contribution is 0.471. The lowest BCUT2D eigenvalue weighted by atomic mass is 10.1. The zero-order valence-corrected chi connectivity index (χ0v) is 9.51. The van der Waals surface area contributed by atoms with E-state index < -0.39 is 0 Å². The van der Waals surface area contributed by atoms with E-state index >= 15 is 0 Å². The summed E-state index contributed by atoms with van der Waals surface area (Å²) in [7, 11) is 1.86. The van der Waals surface area contributed by atoms with Crippen molar-refractivity contribution in [3.8, 4) is 5.75 Å². The van der Waals surface area contributed by atoms with Gasteiger partial charge in [0.2, 0.25) is 0 Å². The van der Waals surface area contributed by atoms with Gasteiger partial charge in [0.05, 0.1) is 5.69 Å². The fourth-order valence-corrected chi connectivity index (χ4v) is 1.66. The molecule has 0 aliphatic rings. The molecule has 2 aromatic rings. The van der Waals surface area contributed by atoms with Crippen LogP contribution in [0.25, 0.3) is 0 Å². The van der Waals surface area contributed by atoms with Crippen molar-refractivity contribution < 1.29 is 5.11 Å². The molecule has 0 amide bonds. The van der Waals surface area contributed by atoms with Crippen LogP contribution in [0.4, 0.5) is 0 Å². The van der Waals surface area contributed by atoms with Crippen LogP contribution < -0.4 is 0 Å². The summed E-state index contributed by atoms with van der Waals surface area (Å²) in [6.07, 6.45) is 3.71. The molecule has 1 aromatic carbocycles. The minimum Gasteiger partial charge on any atom is -0.508 e. The third-order valence-electron chi connectivity index (χ3n) is 2.58. The zero-order chi connectivity index (χ0) is 11.5. The van der Waals surface area contributed by atoms with Gasteiger partial charge in [0, 0.05) is 13.2 Å². The minimum atomic E-state index is 0.350. The maximum absolute atomic E-state index is 9.41. The van der Waals surface area contributed by atoms with Crippen LogP contribution in [-0.2, 0) is 19.9 Å². The van der Waals surface area contributed by atoms with E-state index in [1.165, 1.54) is 5.56 Å². The van der Waals surface area contributed by atoms with Gasteiger partial charge in [0.25, 0.3) is 0 Å². The Kier molecular flexibility index (Phi) is 2.90. The summed E-state index contributed by atoms with van der Waals surface area (Å²) in [5.41, 5.74) is 3.12. The van der Waals surface area contributed by atoms with Gasteiger partial charge in [-0.05, 0) is 37.0 Å². The molecule has 0 radical (unpaired) electrons. The predicted octanol–water partition coefficient (Wildman–Crippen LogP) is 1.61. The molecule has 4 nitrogen and oxygen atoms in total. The third kappa shape index (κ3) is 2.39. The van der Waals surface area contributed by atoms with Crippen molar-refractivity contribution in [3.05, 3.63) is 41.2 Å². The molecule has 1 heterocycles. The van der Waals surface area contributed by atoms with Gasteiger partial charge in [-0.25, -0.2) is 0 Å². The largest absolute Gasteiger partial charge is 0.508 e. The van der Waals surface area contributed by atoms with E-state index in [1.54, 1.807) is 10.7 Å². The van der Waals surface area contributed by atoms with Crippen molar-refractivity contribution in [2.45, 2.75) is 19.8 Å². The first kappa shape index (κ1) is 10.7. The van der Waals surface area contributed by atoms with Crippen LogP contribution in [0.1, 0.15) is 16.8 Å². The SMILES string of the molecule is Cc1cc(CCc2cn(C)nn2)ccc1O. The topological polar surface area (TPSA) is 50.9 Å². The molecule has 16 heavy (non-hydrogen) atoms. The Morgan fingerprint density at radius 3 is 2.75 bits per heavy atom. The van der Waals surface area contributed by atoms with Gasteiger partial charge in [-0.2, -0.15) is 0 Å². The van der Waals surface area contributed by atoms with Crippen LogP contribution >= 0.6 is 0 Å². The monoisotopic (exact) mass is 217 g/mol. The van der Waals surface area contributed by atoms with E-state index in [-0.39, 0.29) is 0 Å². The molecule has 0 unspecified atom stereocenters. The highest BCUT2D eigenvalue weighted by Crippen LogP contribution is 2.17. The van der Waals surface area contributed by atoms with E-state index in [0.717, 1.165) is 24.1 Å². The second-order valence-corrected chi connectivity index (χ2v) is 4.00. The van der Waals surface area contributed by atoms with E-state index in [4.69, 9.17) is 0 Å². The van der Waals surface area contributed by atoms with Gasteiger partial charge in [0.1, 0.15) is 5.75 Å². The number of phenolic OH excluding ortho intramolecular Hbond substituents is 1. The van der Waals surface area contributed by atoms with Crippen LogP contribution in [0, 0.1) is 6.92 Å². The Labute approximate surface area is 94.5 Å². The summed E-state index contributed by atoms with van der Waals surface area (Å²) in [6, 6.07) is 5.69. The quantitative estimate of drug-likeness (QED) is 0.849. The predicted molar refractivity (Wildman–Crippen MR) is 61.3 cm³/mol. The summed E-state index contributed by atoms with van der Waals surface area (Å²) in [5, 5.41) is 17.3. The average Bonchev–Trinajstić information content (AvgIpc) is 2.66. The van der Waals surface area contributed by atoms with Crippen molar-refractivity contribution in [2.24, 2.45) is 7.05 Å². The molecule has 0 fully saturated rings. The molecular formula is C12H15N3O. The van der Waals surface area contributed by atoms with E-state index in [2.05, 4.69) is 10.3 Å². The maximum atomic E-state index is 9.41. The number of nitrogens with zero attached hydrogens (tertiary/aromatic N) is 3. The Morgan fingerprint density at radius 1 is 1.31 bits per heavy atom.